The van der Waals surface area contributed by atoms with Crippen molar-refractivity contribution in [3.63, 3.8) is 0 Å². The number of rotatable bonds is 4. The first-order valence-electron chi connectivity index (χ1n) is 8.33. The lowest BCUT2D eigenvalue weighted by Crippen LogP contribution is -2.35. The van der Waals surface area contributed by atoms with Crippen LogP contribution in [0.1, 0.15) is 33.5 Å². The van der Waals surface area contributed by atoms with Crippen molar-refractivity contribution < 1.29 is 19.5 Å². The SMILES string of the molecule is Cc1ccc(C(=O)O)cc1N1C(=O)CC(Nc2cccc(C)c2C)C1=O. The molecule has 2 amide bonds. The Labute approximate surface area is 151 Å². The maximum atomic E-state index is 12.8. The van der Waals surface area contributed by atoms with Crippen LogP contribution in [0, 0.1) is 20.8 Å². The molecule has 0 bridgehead atoms. The molecular weight excluding hydrogens is 332 g/mol. The number of nitrogens with zero attached hydrogens (tertiary/aromatic N) is 1. The monoisotopic (exact) mass is 352 g/mol. The Bertz CT molecular complexity index is 920. The Balaban J connectivity index is 1.91. The highest BCUT2D eigenvalue weighted by Gasteiger charge is 2.40. The van der Waals surface area contributed by atoms with Gasteiger partial charge in [0.25, 0.3) is 5.91 Å². The van der Waals surface area contributed by atoms with Crippen molar-refractivity contribution in [2.75, 3.05) is 10.2 Å². The van der Waals surface area contributed by atoms with E-state index in [1.54, 1.807) is 13.0 Å². The molecule has 1 unspecified atom stereocenters. The lowest BCUT2D eigenvalue weighted by Gasteiger charge is -2.19. The third-order valence-corrected chi connectivity index (χ3v) is 4.78. The molecule has 1 saturated heterocycles. The normalized spacial score (nSPS) is 16.9. The highest BCUT2D eigenvalue weighted by molar-refractivity contribution is 6.23. The number of carbonyl (C=O) groups is 3. The van der Waals surface area contributed by atoms with E-state index in [-0.39, 0.29) is 23.8 Å². The fourth-order valence-corrected chi connectivity index (χ4v) is 3.08. The molecule has 3 rings (SSSR count). The van der Waals surface area contributed by atoms with E-state index in [2.05, 4.69) is 5.32 Å². The highest BCUT2D eigenvalue weighted by Crippen LogP contribution is 2.29. The highest BCUT2D eigenvalue weighted by atomic mass is 16.4. The number of carboxylic acid groups (broad SMARTS) is 1. The summed E-state index contributed by atoms with van der Waals surface area (Å²) in [4.78, 5) is 37.6. The van der Waals surface area contributed by atoms with Crippen LogP contribution in [0.25, 0.3) is 0 Å². The van der Waals surface area contributed by atoms with Gasteiger partial charge in [0.15, 0.2) is 0 Å². The number of aromatic carboxylic acids is 1. The number of aryl methyl sites for hydroxylation is 2. The number of nitrogens with one attached hydrogen (secondary N) is 1. The first-order valence-corrected chi connectivity index (χ1v) is 8.33. The third-order valence-electron chi connectivity index (χ3n) is 4.78. The smallest absolute Gasteiger partial charge is 0.335 e. The van der Waals surface area contributed by atoms with E-state index >= 15 is 0 Å². The number of hydrogen-bond acceptors (Lipinski definition) is 4. The molecule has 2 aromatic carbocycles. The number of amides is 2. The lowest BCUT2D eigenvalue weighted by atomic mass is 10.1. The largest absolute Gasteiger partial charge is 0.478 e. The third kappa shape index (κ3) is 3.06. The van der Waals surface area contributed by atoms with Gasteiger partial charge in [-0.2, -0.15) is 0 Å². The number of carbonyl (C=O) groups excluding carboxylic acids is 2. The molecular formula is C20H20N2O4. The van der Waals surface area contributed by atoms with Crippen LogP contribution in [0.4, 0.5) is 11.4 Å². The van der Waals surface area contributed by atoms with Crippen LogP contribution < -0.4 is 10.2 Å². The minimum absolute atomic E-state index is 0.0307. The van der Waals surface area contributed by atoms with Crippen LogP contribution in [0.5, 0.6) is 0 Å². The molecule has 0 aromatic heterocycles. The maximum Gasteiger partial charge on any atom is 0.335 e. The summed E-state index contributed by atoms with van der Waals surface area (Å²) in [7, 11) is 0. The van der Waals surface area contributed by atoms with Crippen molar-refractivity contribution in [3.8, 4) is 0 Å². The van der Waals surface area contributed by atoms with Gasteiger partial charge in [-0.3, -0.25) is 9.59 Å². The summed E-state index contributed by atoms with van der Waals surface area (Å²) in [6, 6.07) is 9.51. The fraction of sp³-hybridized carbons (Fsp3) is 0.250. The quantitative estimate of drug-likeness (QED) is 0.826. The minimum Gasteiger partial charge on any atom is -0.478 e. The minimum atomic E-state index is -1.10. The first-order chi connectivity index (χ1) is 12.3. The van der Waals surface area contributed by atoms with Crippen LogP contribution in [-0.2, 0) is 9.59 Å². The molecule has 0 radical (unpaired) electrons. The van der Waals surface area contributed by atoms with E-state index in [0.717, 1.165) is 21.7 Å². The summed E-state index contributed by atoms with van der Waals surface area (Å²) < 4.78 is 0. The summed E-state index contributed by atoms with van der Waals surface area (Å²) in [6.07, 6.45) is 0.0307. The number of anilines is 2. The van der Waals surface area contributed by atoms with E-state index in [0.29, 0.717) is 11.3 Å². The second-order valence-electron chi connectivity index (χ2n) is 6.52. The molecule has 1 heterocycles. The molecule has 2 N–H and O–H groups in total. The standard InChI is InChI=1S/C20H20N2O4/c1-11-5-4-6-15(13(11)3)21-16-10-18(23)22(19(16)24)17-9-14(20(25)26)8-7-12(17)2/h4-9,16,21H,10H2,1-3H3,(H,25,26). The van der Waals surface area contributed by atoms with Gasteiger partial charge in [0.1, 0.15) is 6.04 Å². The van der Waals surface area contributed by atoms with Crippen molar-refractivity contribution in [2.24, 2.45) is 0 Å². The Kier molecular flexibility index (Phi) is 4.50. The van der Waals surface area contributed by atoms with Crippen LogP contribution in [0.15, 0.2) is 36.4 Å². The molecule has 134 valence electrons. The molecule has 6 nitrogen and oxygen atoms in total. The predicted octanol–water partition coefficient (Wildman–Crippen LogP) is 3.05. The molecule has 1 fully saturated rings. The molecule has 0 aliphatic carbocycles. The Morgan fingerprint density at radius 1 is 1.12 bits per heavy atom. The summed E-state index contributed by atoms with van der Waals surface area (Å²) in [6.45, 7) is 5.68. The second-order valence-corrected chi connectivity index (χ2v) is 6.52. The van der Waals surface area contributed by atoms with Crippen LogP contribution >= 0.6 is 0 Å². The zero-order chi connectivity index (χ0) is 19.0. The van der Waals surface area contributed by atoms with E-state index in [1.165, 1.54) is 12.1 Å². The summed E-state index contributed by atoms with van der Waals surface area (Å²) in [5, 5.41) is 12.3. The van der Waals surface area contributed by atoms with Crippen molar-refractivity contribution >= 4 is 29.2 Å². The van der Waals surface area contributed by atoms with Gasteiger partial charge in [-0.05, 0) is 55.7 Å². The molecule has 2 aromatic rings. The van der Waals surface area contributed by atoms with Gasteiger partial charge in [0.2, 0.25) is 5.91 Å². The Morgan fingerprint density at radius 3 is 2.54 bits per heavy atom. The van der Waals surface area contributed by atoms with Gasteiger partial charge in [-0.25, -0.2) is 9.69 Å². The van der Waals surface area contributed by atoms with Gasteiger partial charge < -0.3 is 10.4 Å². The molecule has 1 atom stereocenters. The van der Waals surface area contributed by atoms with Crippen molar-refractivity contribution in [1.82, 2.24) is 0 Å². The van der Waals surface area contributed by atoms with E-state index in [1.807, 2.05) is 32.0 Å². The van der Waals surface area contributed by atoms with Crippen LogP contribution in [-0.4, -0.2) is 28.9 Å². The number of benzene rings is 2. The summed E-state index contributed by atoms with van der Waals surface area (Å²) in [5.41, 5.74) is 3.96. The van der Waals surface area contributed by atoms with Gasteiger partial charge in [0, 0.05) is 5.69 Å². The molecule has 1 aliphatic rings. The summed E-state index contributed by atoms with van der Waals surface area (Å²) in [5.74, 6) is -1.82. The van der Waals surface area contributed by atoms with Crippen LogP contribution in [0.2, 0.25) is 0 Å². The lowest BCUT2D eigenvalue weighted by molar-refractivity contribution is -0.121. The topological polar surface area (TPSA) is 86.7 Å². The number of imide groups is 1. The number of hydrogen-bond donors (Lipinski definition) is 2. The molecule has 6 heteroatoms. The van der Waals surface area contributed by atoms with Crippen LogP contribution in [0.3, 0.4) is 0 Å². The van der Waals surface area contributed by atoms with E-state index < -0.39 is 12.0 Å². The molecule has 1 aliphatic heterocycles. The predicted molar refractivity (Wildman–Crippen MR) is 98.6 cm³/mol. The van der Waals surface area contributed by atoms with E-state index in [9.17, 15) is 19.5 Å². The molecule has 0 saturated carbocycles. The second kappa shape index (κ2) is 6.63. The van der Waals surface area contributed by atoms with E-state index in [4.69, 9.17) is 0 Å². The number of carboxylic acids is 1. The Morgan fingerprint density at radius 2 is 1.85 bits per heavy atom. The zero-order valence-corrected chi connectivity index (χ0v) is 14.9. The van der Waals surface area contributed by atoms with Crippen molar-refractivity contribution in [3.05, 3.63) is 58.7 Å². The van der Waals surface area contributed by atoms with Crippen molar-refractivity contribution in [1.29, 1.82) is 0 Å². The zero-order valence-electron chi connectivity index (χ0n) is 14.9. The maximum absolute atomic E-state index is 12.8. The van der Waals surface area contributed by atoms with Crippen molar-refractivity contribution in [2.45, 2.75) is 33.2 Å². The van der Waals surface area contributed by atoms with Gasteiger partial charge in [-0.1, -0.05) is 18.2 Å². The van der Waals surface area contributed by atoms with Gasteiger partial charge in [0.05, 0.1) is 17.7 Å². The van der Waals surface area contributed by atoms with Gasteiger partial charge in [-0.15, -0.1) is 0 Å². The Hall–Kier alpha value is -3.15. The first kappa shape index (κ1) is 17.7. The molecule has 26 heavy (non-hydrogen) atoms. The van der Waals surface area contributed by atoms with Gasteiger partial charge >= 0.3 is 5.97 Å². The fourth-order valence-electron chi connectivity index (χ4n) is 3.08. The molecule has 0 spiro atoms. The average molecular weight is 352 g/mol. The average Bonchev–Trinajstić information content (AvgIpc) is 2.86. The summed E-state index contributed by atoms with van der Waals surface area (Å²) >= 11 is 0.